The maximum Gasteiger partial charge on any atom is 0.340 e. The number of hydrogen-bond acceptors (Lipinski definition) is 2. The number of hydrogen-bond donors (Lipinski definition) is 0. The summed E-state index contributed by atoms with van der Waals surface area (Å²) in [5.41, 5.74) is 0. The molecule has 0 amide bonds. The third-order valence-corrected chi connectivity index (χ3v) is 2.52. The van der Waals surface area contributed by atoms with Gasteiger partial charge in [-0.1, -0.05) is 11.8 Å². The van der Waals surface area contributed by atoms with E-state index in [1.54, 1.807) is 0 Å². The van der Waals surface area contributed by atoms with Crippen LogP contribution in [0.2, 0.25) is 0 Å². The van der Waals surface area contributed by atoms with Gasteiger partial charge in [-0.3, -0.25) is 4.79 Å². The zero-order valence-electron chi connectivity index (χ0n) is 8.23. The van der Waals surface area contributed by atoms with Crippen molar-refractivity contribution in [2.75, 3.05) is 5.75 Å². The van der Waals surface area contributed by atoms with E-state index in [-0.39, 0.29) is 10.9 Å². The quantitative estimate of drug-likeness (QED) is 0.688. The topological polar surface area (TPSA) is 17.1 Å². The molecule has 0 fully saturated rings. The van der Waals surface area contributed by atoms with Gasteiger partial charge in [0.2, 0.25) is 6.17 Å². The summed E-state index contributed by atoms with van der Waals surface area (Å²) in [6.07, 6.45) is -11.2. The maximum absolute atomic E-state index is 12.8. The van der Waals surface area contributed by atoms with Crippen molar-refractivity contribution in [2.24, 2.45) is 0 Å². The van der Waals surface area contributed by atoms with Gasteiger partial charge < -0.3 is 0 Å². The average molecular weight is 268 g/mol. The van der Waals surface area contributed by atoms with E-state index in [1.165, 1.54) is 6.92 Å². The molecule has 0 aliphatic carbocycles. The lowest BCUT2D eigenvalue weighted by atomic mass is 10.1. The Balaban J connectivity index is 4.17. The second kappa shape index (κ2) is 6.36. The molecular weight excluding hydrogens is 258 g/mol. The molecule has 8 heteroatoms. The number of halogens is 6. The van der Waals surface area contributed by atoms with E-state index in [0.717, 1.165) is 0 Å². The van der Waals surface area contributed by atoms with Crippen LogP contribution in [0.15, 0.2) is 0 Å². The van der Waals surface area contributed by atoms with Crippen molar-refractivity contribution in [1.82, 2.24) is 0 Å². The van der Waals surface area contributed by atoms with E-state index in [0.29, 0.717) is 11.8 Å². The summed E-state index contributed by atoms with van der Waals surface area (Å²) < 4.78 is 73.4. The van der Waals surface area contributed by atoms with E-state index in [1.807, 2.05) is 0 Å². The van der Waals surface area contributed by atoms with Gasteiger partial charge in [-0.25, -0.2) is 17.6 Å². The minimum Gasteiger partial charge on any atom is -0.288 e. The van der Waals surface area contributed by atoms with E-state index < -0.39 is 31.1 Å². The minimum absolute atomic E-state index is 0.226. The highest BCUT2D eigenvalue weighted by Crippen LogP contribution is 2.33. The summed E-state index contributed by atoms with van der Waals surface area (Å²) in [5.74, 6) is -5.23. The molecule has 96 valence electrons. The van der Waals surface area contributed by atoms with E-state index in [9.17, 15) is 31.1 Å². The van der Waals surface area contributed by atoms with Gasteiger partial charge in [0.25, 0.3) is 0 Å². The maximum atomic E-state index is 12.8. The first-order chi connectivity index (χ1) is 7.19. The molecule has 0 N–H and O–H groups in total. The second-order valence-electron chi connectivity index (χ2n) is 3.02. The van der Waals surface area contributed by atoms with Crippen LogP contribution in [-0.4, -0.2) is 35.6 Å². The van der Waals surface area contributed by atoms with Gasteiger partial charge in [0.15, 0.2) is 5.12 Å². The molecule has 0 heterocycles. The fourth-order valence-corrected chi connectivity index (χ4v) is 1.45. The molecule has 0 aromatic heterocycles. The van der Waals surface area contributed by atoms with Gasteiger partial charge in [0.05, 0.1) is 0 Å². The first-order valence-electron chi connectivity index (χ1n) is 4.27. The van der Waals surface area contributed by atoms with Crippen LogP contribution in [0.3, 0.4) is 0 Å². The molecule has 0 spiro atoms. The largest absolute Gasteiger partial charge is 0.340 e. The number of carbonyl (C=O) groups is 1. The standard InChI is InChI=1S/C8H10F6OS/c1-4(15)16-3-2-5(9)6(10)8(13,14)7(11)12/h5-7H,2-3H2,1H3. The van der Waals surface area contributed by atoms with Crippen LogP contribution in [0.4, 0.5) is 26.3 Å². The van der Waals surface area contributed by atoms with Gasteiger partial charge in [-0.15, -0.1) is 0 Å². The summed E-state index contributed by atoms with van der Waals surface area (Å²) >= 11 is 0.618. The molecule has 0 aromatic rings. The summed E-state index contributed by atoms with van der Waals surface area (Å²) in [4.78, 5) is 10.4. The fourth-order valence-electron chi connectivity index (χ4n) is 0.823. The van der Waals surface area contributed by atoms with Crippen LogP contribution in [0, 0.1) is 0 Å². The molecule has 0 rings (SSSR count). The highest BCUT2D eigenvalue weighted by Gasteiger charge is 2.53. The number of carbonyl (C=O) groups excluding carboxylic acids is 1. The smallest absolute Gasteiger partial charge is 0.288 e. The van der Waals surface area contributed by atoms with Gasteiger partial charge in [-0.05, 0) is 6.42 Å². The third-order valence-electron chi connectivity index (χ3n) is 1.68. The summed E-state index contributed by atoms with van der Waals surface area (Å²) in [6, 6.07) is 0. The van der Waals surface area contributed by atoms with Crippen molar-refractivity contribution in [1.29, 1.82) is 0 Å². The Labute approximate surface area is 92.6 Å². The van der Waals surface area contributed by atoms with Crippen LogP contribution in [0.25, 0.3) is 0 Å². The first-order valence-corrected chi connectivity index (χ1v) is 5.25. The van der Waals surface area contributed by atoms with E-state index in [4.69, 9.17) is 0 Å². The van der Waals surface area contributed by atoms with Crippen LogP contribution in [0.1, 0.15) is 13.3 Å². The van der Waals surface area contributed by atoms with Crippen molar-refractivity contribution in [3.63, 3.8) is 0 Å². The Morgan fingerprint density at radius 3 is 2.12 bits per heavy atom. The predicted molar refractivity (Wildman–Crippen MR) is 48.5 cm³/mol. The predicted octanol–water partition coefficient (Wildman–Crippen LogP) is 3.23. The van der Waals surface area contributed by atoms with Gasteiger partial charge in [0, 0.05) is 12.7 Å². The van der Waals surface area contributed by atoms with Gasteiger partial charge in [0.1, 0.15) is 6.17 Å². The van der Waals surface area contributed by atoms with Crippen molar-refractivity contribution < 1.29 is 31.1 Å². The van der Waals surface area contributed by atoms with Crippen molar-refractivity contribution >= 4 is 16.9 Å². The molecule has 16 heavy (non-hydrogen) atoms. The Bertz CT molecular complexity index is 235. The van der Waals surface area contributed by atoms with Gasteiger partial charge in [-0.2, -0.15) is 8.78 Å². The number of rotatable bonds is 6. The van der Waals surface area contributed by atoms with Crippen molar-refractivity contribution in [2.45, 2.75) is 38.0 Å². The molecule has 2 unspecified atom stereocenters. The zero-order valence-corrected chi connectivity index (χ0v) is 9.05. The average Bonchev–Trinajstić information content (AvgIpc) is 2.15. The summed E-state index contributed by atoms with van der Waals surface area (Å²) in [7, 11) is 0. The zero-order chi connectivity index (χ0) is 12.9. The molecule has 0 aliphatic rings. The van der Waals surface area contributed by atoms with Crippen molar-refractivity contribution in [3.8, 4) is 0 Å². The fraction of sp³-hybridized carbons (Fsp3) is 0.875. The third kappa shape index (κ3) is 4.63. The molecule has 0 saturated carbocycles. The molecule has 1 nitrogen and oxygen atoms in total. The number of alkyl halides is 6. The van der Waals surface area contributed by atoms with Crippen LogP contribution in [0.5, 0.6) is 0 Å². The molecular formula is C8H10F6OS. The molecule has 0 aliphatic heterocycles. The normalized spacial score (nSPS) is 16.2. The first kappa shape index (κ1) is 15.6. The summed E-state index contributed by atoms with van der Waals surface area (Å²) in [5, 5.41) is -0.386. The van der Waals surface area contributed by atoms with Gasteiger partial charge >= 0.3 is 12.3 Å². The SMILES string of the molecule is CC(=O)SCCC(F)C(F)C(F)(F)C(F)F. The molecule has 0 bridgehead atoms. The Morgan fingerprint density at radius 1 is 1.25 bits per heavy atom. The minimum atomic E-state index is -5.00. The van der Waals surface area contributed by atoms with Crippen LogP contribution in [-0.2, 0) is 4.79 Å². The van der Waals surface area contributed by atoms with Crippen LogP contribution >= 0.6 is 11.8 Å². The molecule has 2 atom stereocenters. The lowest BCUT2D eigenvalue weighted by molar-refractivity contribution is -0.184. The Kier molecular flexibility index (Phi) is 6.20. The van der Waals surface area contributed by atoms with Crippen LogP contribution < -0.4 is 0 Å². The van der Waals surface area contributed by atoms with E-state index >= 15 is 0 Å². The molecule has 0 aromatic carbocycles. The molecule has 0 radical (unpaired) electrons. The van der Waals surface area contributed by atoms with Crippen molar-refractivity contribution in [3.05, 3.63) is 0 Å². The second-order valence-corrected chi connectivity index (χ2v) is 4.29. The Morgan fingerprint density at radius 2 is 1.75 bits per heavy atom. The highest BCUT2D eigenvalue weighted by atomic mass is 32.2. The highest BCUT2D eigenvalue weighted by molar-refractivity contribution is 8.13. The lowest BCUT2D eigenvalue weighted by Gasteiger charge is -2.22. The summed E-state index contributed by atoms with van der Waals surface area (Å²) in [6.45, 7) is 1.17. The Hall–Kier alpha value is -0.400. The monoisotopic (exact) mass is 268 g/mol. The lowest BCUT2D eigenvalue weighted by Crippen LogP contribution is -2.43. The van der Waals surface area contributed by atoms with E-state index in [2.05, 4.69) is 0 Å². The molecule has 0 saturated heterocycles. The number of thioether (sulfide) groups is 1.